The highest BCUT2D eigenvalue weighted by atomic mass is 32.2. The first kappa shape index (κ1) is 39.1. The number of allylic oxidation sites excluding steroid dienone is 5. The Morgan fingerprint density at radius 3 is 2.25 bits per heavy atom. The van der Waals surface area contributed by atoms with E-state index in [4.69, 9.17) is 0 Å². The molecule has 7 rings (SSSR count). The molecule has 5 fully saturated rings. The van der Waals surface area contributed by atoms with Crippen LogP contribution in [0.2, 0.25) is 0 Å². The van der Waals surface area contributed by atoms with Gasteiger partial charge in [0.15, 0.2) is 0 Å². The van der Waals surface area contributed by atoms with Crippen LogP contribution in [0, 0.1) is 56.7 Å². The lowest BCUT2D eigenvalue weighted by atomic mass is 9.33. The van der Waals surface area contributed by atoms with Crippen LogP contribution < -0.4 is 5.32 Å². The Morgan fingerprint density at radius 1 is 0.904 bits per heavy atom. The monoisotopic (exact) mass is 738 g/mol. The van der Waals surface area contributed by atoms with Crippen molar-refractivity contribution in [1.29, 1.82) is 0 Å². The molecule has 0 heterocycles. The zero-order chi connectivity index (χ0) is 37.5. The van der Waals surface area contributed by atoms with E-state index in [2.05, 4.69) is 71.8 Å². The quantitative estimate of drug-likeness (QED) is 0.206. The van der Waals surface area contributed by atoms with Crippen molar-refractivity contribution in [3.8, 4) is 0 Å². The Kier molecular flexibility index (Phi) is 10.2. The molecule has 292 valence electrons. The van der Waals surface area contributed by atoms with Crippen molar-refractivity contribution in [2.75, 3.05) is 19.5 Å². The number of hydrogen-bond acceptors (Lipinski definition) is 4. The molecule has 0 radical (unpaired) electrons. The molecule has 0 spiro atoms. The van der Waals surface area contributed by atoms with Gasteiger partial charge in [0, 0.05) is 10.8 Å². The Labute approximate surface area is 320 Å². The minimum Gasteiger partial charge on any atom is -0.481 e. The predicted molar refractivity (Wildman–Crippen MR) is 214 cm³/mol. The summed E-state index contributed by atoms with van der Waals surface area (Å²) in [5.41, 5.74) is 3.24. The molecule has 0 bridgehead atoms. The van der Waals surface area contributed by atoms with Gasteiger partial charge < -0.3 is 15.5 Å². The van der Waals surface area contributed by atoms with Crippen molar-refractivity contribution in [3.05, 3.63) is 35.5 Å². The largest absolute Gasteiger partial charge is 0.481 e. The normalized spacial score (nSPS) is 48.3. The zero-order valence-electron chi connectivity index (χ0n) is 33.8. The van der Waals surface area contributed by atoms with Crippen LogP contribution in [-0.4, -0.2) is 52.0 Å². The molecule has 0 unspecified atom stereocenters. The van der Waals surface area contributed by atoms with Gasteiger partial charge in [0.1, 0.15) is 6.67 Å². The zero-order valence-corrected chi connectivity index (χ0v) is 34.7. The van der Waals surface area contributed by atoms with E-state index in [1.165, 1.54) is 68.1 Å². The molecule has 0 saturated heterocycles. The standard InChI is InChI=1S/C46H72FNO3S/c1-30(2)33-15-24-46(48-28-27-45(51)22-13-32(52-8)14-23-45)26-25-42(6)35(38(33)46)9-10-37-41(5)18-16-34(40(3,4)36(41)17-19-43(37,42)7)31-11-20-44(29-47,21-12-31)39(49)50/h11,16,32-33,35-38,48,51H,1,9-10,12-15,17-29H2,2-8H3,(H,49,50)/t32-,33-,35+,36-,37+,38+,41-,42+,43+,44+,45+,46-/m0/s1. The van der Waals surface area contributed by atoms with Crippen LogP contribution in [0.15, 0.2) is 35.5 Å². The van der Waals surface area contributed by atoms with Crippen LogP contribution >= 0.6 is 11.8 Å². The number of nitrogens with one attached hydrogen (secondary N) is 1. The third kappa shape index (κ3) is 5.81. The highest BCUT2D eigenvalue weighted by Gasteiger charge is 2.70. The third-order valence-corrected chi connectivity index (χ3v) is 19.7. The second kappa shape index (κ2) is 13.5. The number of alkyl halides is 1. The highest BCUT2D eigenvalue weighted by Crippen LogP contribution is 2.76. The number of carboxylic acids is 1. The minimum absolute atomic E-state index is 0.00230. The van der Waals surface area contributed by atoms with Gasteiger partial charge in [-0.15, -0.1) is 0 Å². The van der Waals surface area contributed by atoms with Crippen LogP contribution in [0.1, 0.15) is 151 Å². The third-order valence-electron chi connectivity index (χ3n) is 18.6. The van der Waals surface area contributed by atoms with Crippen LogP contribution in [-0.2, 0) is 4.79 Å². The predicted octanol–water partition coefficient (Wildman–Crippen LogP) is 11.1. The van der Waals surface area contributed by atoms with Crippen molar-refractivity contribution in [3.63, 3.8) is 0 Å². The summed E-state index contributed by atoms with van der Waals surface area (Å²) >= 11 is 1.97. The molecule has 7 aliphatic rings. The molecule has 7 aliphatic carbocycles. The maximum Gasteiger partial charge on any atom is 0.312 e. The summed E-state index contributed by atoms with van der Waals surface area (Å²) in [6.45, 7) is 20.1. The van der Waals surface area contributed by atoms with E-state index >= 15 is 0 Å². The van der Waals surface area contributed by atoms with Gasteiger partial charge in [0.05, 0.1) is 11.0 Å². The minimum atomic E-state index is -1.25. The molecule has 3 N–H and O–H groups in total. The van der Waals surface area contributed by atoms with Gasteiger partial charge in [-0.2, -0.15) is 11.8 Å². The summed E-state index contributed by atoms with van der Waals surface area (Å²) in [5.74, 6) is 2.12. The fraction of sp³-hybridized carbons (Fsp3) is 0.848. The van der Waals surface area contributed by atoms with Gasteiger partial charge in [-0.05, 0) is 191 Å². The maximum absolute atomic E-state index is 14.0. The van der Waals surface area contributed by atoms with Gasteiger partial charge in [-0.1, -0.05) is 58.9 Å². The maximum atomic E-state index is 14.0. The Hall–Kier alpha value is -1.11. The van der Waals surface area contributed by atoms with E-state index in [9.17, 15) is 19.4 Å². The molecule has 0 aliphatic heterocycles. The summed E-state index contributed by atoms with van der Waals surface area (Å²) in [7, 11) is 0. The lowest BCUT2D eigenvalue weighted by molar-refractivity contribution is -0.221. The number of fused-ring (bicyclic) bond motifs is 7. The smallest absolute Gasteiger partial charge is 0.312 e. The van der Waals surface area contributed by atoms with E-state index in [1.807, 2.05) is 11.8 Å². The summed E-state index contributed by atoms with van der Waals surface area (Å²) < 4.78 is 14.0. The first-order valence-corrected chi connectivity index (χ1v) is 22.6. The average molecular weight is 738 g/mol. The van der Waals surface area contributed by atoms with Gasteiger partial charge in [-0.25, -0.2) is 4.39 Å². The van der Waals surface area contributed by atoms with E-state index in [0.717, 1.165) is 45.1 Å². The molecule has 0 aromatic rings. The summed E-state index contributed by atoms with van der Waals surface area (Å²) in [6.07, 6.45) is 24.5. The van der Waals surface area contributed by atoms with Gasteiger partial charge in [0.2, 0.25) is 0 Å². The molecule has 10 atom stereocenters. The number of rotatable bonds is 9. The lowest BCUT2D eigenvalue weighted by Crippen LogP contribution is -2.68. The van der Waals surface area contributed by atoms with Crippen molar-refractivity contribution >= 4 is 17.7 Å². The van der Waals surface area contributed by atoms with Crippen molar-refractivity contribution in [1.82, 2.24) is 5.32 Å². The highest BCUT2D eigenvalue weighted by molar-refractivity contribution is 7.99. The number of carbonyl (C=O) groups is 1. The Morgan fingerprint density at radius 2 is 1.63 bits per heavy atom. The lowest BCUT2D eigenvalue weighted by Gasteiger charge is -2.72. The number of aliphatic carboxylic acids is 1. The Balaban J connectivity index is 1.13. The van der Waals surface area contributed by atoms with E-state index < -0.39 is 23.7 Å². The van der Waals surface area contributed by atoms with E-state index in [-0.39, 0.29) is 27.2 Å². The number of aliphatic hydroxyl groups is 1. The molecule has 6 heteroatoms. The van der Waals surface area contributed by atoms with Gasteiger partial charge in [-0.3, -0.25) is 4.79 Å². The number of carboxylic acid groups (broad SMARTS) is 1. The topological polar surface area (TPSA) is 69.6 Å². The van der Waals surface area contributed by atoms with Crippen LogP contribution in [0.5, 0.6) is 0 Å². The summed E-state index contributed by atoms with van der Waals surface area (Å²) in [6, 6.07) is 0. The Bertz CT molecular complexity index is 1480. The molecule has 0 amide bonds. The SMILES string of the molecule is C=C(C)[C@@H]1CC[C@]2(NCC[C@]3(O)CC[C@@H](SC)CC3)CC[C@]3(C)[C@H](CC[C@@H]4[C@@]5(C)CC=C(C6=CC[C@@](CF)(C(=O)O)CC6)C(C)(C)[C@@H]5CC[C@]43C)[C@@H]12. The van der Waals surface area contributed by atoms with Crippen molar-refractivity contribution in [2.45, 2.75) is 167 Å². The fourth-order valence-electron chi connectivity index (χ4n) is 15.3. The van der Waals surface area contributed by atoms with E-state index in [0.29, 0.717) is 54.1 Å². The molecule has 5 saturated carbocycles. The van der Waals surface area contributed by atoms with Gasteiger partial charge in [0.25, 0.3) is 0 Å². The number of hydrogen-bond donors (Lipinski definition) is 3. The molecular formula is C46H72FNO3S. The summed E-state index contributed by atoms with van der Waals surface area (Å²) in [4.78, 5) is 12.0. The molecule has 0 aromatic carbocycles. The summed E-state index contributed by atoms with van der Waals surface area (Å²) in [5, 5.41) is 26.4. The van der Waals surface area contributed by atoms with Crippen LogP contribution in [0.4, 0.5) is 4.39 Å². The number of halogens is 1. The molecular weight excluding hydrogens is 666 g/mol. The number of thioether (sulfide) groups is 1. The average Bonchev–Trinajstić information content (AvgIpc) is 3.49. The second-order valence-corrected chi connectivity index (χ2v) is 22.0. The first-order chi connectivity index (χ1) is 24.4. The van der Waals surface area contributed by atoms with Crippen LogP contribution in [0.25, 0.3) is 0 Å². The molecule has 4 nitrogen and oxygen atoms in total. The second-order valence-electron chi connectivity index (χ2n) is 20.9. The van der Waals surface area contributed by atoms with Crippen LogP contribution in [0.3, 0.4) is 0 Å². The first-order valence-electron chi connectivity index (χ1n) is 21.3. The van der Waals surface area contributed by atoms with Crippen molar-refractivity contribution in [2.24, 2.45) is 56.7 Å². The fourth-order valence-corrected chi connectivity index (χ4v) is 16.0. The van der Waals surface area contributed by atoms with Gasteiger partial charge >= 0.3 is 5.97 Å². The molecule has 0 aromatic heterocycles. The van der Waals surface area contributed by atoms with Crippen molar-refractivity contribution < 1.29 is 19.4 Å². The molecule has 52 heavy (non-hydrogen) atoms. The van der Waals surface area contributed by atoms with E-state index in [1.54, 1.807) is 0 Å².